The first-order chi connectivity index (χ1) is 9.69. The predicted molar refractivity (Wildman–Crippen MR) is 80.6 cm³/mol. The molecule has 0 bridgehead atoms. The van der Waals surface area contributed by atoms with Gasteiger partial charge < -0.3 is 14.3 Å². The lowest BCUT2D eigenvalue weighted by Gasteiger charge is -2.05. The van der Waals surface area contributed by atoms with Crippen LogP contribution in [0.1, 0.15) is 44.3 Å². The highest BCUT2D eigenvalue weighted by atomic mass is 16.3. The SMILES string of the molecule is CCCc1nccn1Cc1cc(CNCC(C)C)co1. The Bertz CT molecular complexity index is 513. The van der Waals surface area contributed by atoms with Crippen molar-refractivity contribution in [1.82, 2.24) is 14.9 Å². The van der Waals surface area contributed by atoms with Crippen molar-refractivity contribution in [2.45, 2.75) is 46.7 Å². The molecule has 2 rings (SSSR count). The van der Waals surface area contributed by atoms with E-state index in [-0.39, 0.29) is 0 Å². The molecular weight excluding hydrogens is 250 g/mol. The molecule has 0 aliphatic rings. The number of imidazole rings is 1. The highest BCUT2D eigenvalue weighted by molar-refractivity contribution is 5.13. The minimum atomic E-state index is 0.670. The van der Waals surface area contributed by atoms with Crippen LogP contribution in [0.2, 0.25) is 0 Å². The Morgan fingerprint density at radius 1 is 1.40 bits per heavy atom. The van der Waals surface area contributed by atoms with Gasteiger partial charge in [-0.2, -0.15) is 0 Å². The molecule has 0 aliphatic carbocycles. The monoisotopic (exact) mass is 275 g/mol. The molecule has 0 spiro atoms. The summed E-state index contributed by atoms with van der Waals surface area (Å²) in [6.45, 7) is 9.25. The minimum absolute atomic E-state index is 0.670. The normalized spacial score (nSPS) is 11.4. The van der Waals surface area contributed by atoms with Crippen LogP contribution in [0.15, 0.2) is 29.1 Å². The third-order valence-electron chi connectivity index (χ3n) is 3.19. The van der Waals surface area contributed by atoms with Gasteiger partial charge in [0.05, 0.1) is 12.8 Å². The van der Waals surface area contributed by atoms with Crippen molar-refractivity contribution in [3.8, 4) is 0 Å². The number of hydrogen-bond donors (Lipinski definition) is 1. The van der Waals surface area contributed by atoms with Crippen molar-refractivity contribution in [2.75, 3.05) is 6.54 Å². The van der Waals surface area contributed by atoms with Gasteiger partial charge in [0.1, 0.15) is 11.6 Å². The number of hydrogen-bond acceptors (Lipinski definition) is 3. The summed E-state index contributed by atoms with van der Waals surface area (Å²) in [5.74, 6) is 2.79. The first-order valence-corrected chi connectivity index (χ1v) is 7.46. The summed E-state index contributed by atoms with van der Waals surface area (Å²) in [6, 6.07) is 2.13. The molecule has 0 radical (unpaired) electrons. The summed E-state index contributed by atoms with van der Waals surface area (Å²) in [5.41, 5.74) is 1.21. The Labute approximate surface area is 121 Å². The highest BCUT2D eigenvalue weighted by Crippen LogP contribution is 2.11. The fraction of sp³-hybridized carbons (Fsp3) is 0.562. The van der Waals surface area contributed by atoms with Gasteiger partial charge >= 0.3 is 0 Å². The van der Waals surface area contributed by atoms with Crippen molar-refractivity contribution in [3.63, 3.8) is 0 Å². The molecule has 0 amide bonds. The van der Waals surface area contributed by atoms with E-state index in [9.17, 15) is 0 Å². The zero-order valence-electron chi connectivity index (χ0n) is 12.7. The Morgan fingerprint density at radius 2 is 2.25 bits per heavy atom. The summed E-state index contributed by atoms with van der Waals surface area (Å²) in [5, 5.41) is 3.43. The molecule has 2 heterocycles. The van der Waals surface area contributed by atoms with Crippen LogP contribution in [-0.4, -0.2) is 16.1 Å². The van der Waals surface area contributed by atoms with E-state index < -0.39 is 0 Å². The first kappa shape index (κ1) is 14.9. The van der Waals surface area contributed by atoms with Crippen LogP contribution in [0.5, 0.6) is 0 Å². The van der Waals surface area contributed by atoms with Crippen LogP contribution < -0.4 is 5.32 Å². The van der Waals surface area contributed by atoms with E-state index in [2.05, 4.69) is 41.7 Å². The van der Waals surface area contributed by atoms with Crippen LogP contribution in [0.4, 0.5) is 0 Å². The van der Waals surface area contributed by atoms with Crippen molar-refractivity contribution < 1.29 is 4.42 Å². The average molecular weight is 275 g/mol. The number of aryl methyl sites for hydroxylation is 1. The van der Waals surface area contributed by atoms with Gasteiger partial charge in [-0.3, -0.25) is 0 Å². The lowest BCUT2D eigenvalue weighted by atomic mass is 10.2. The summed E-state index contributed by atoms with van der Waals surface area (Å²) < 4.78 is 7.80. The molecule has 2 aromatic heterocycles. The molecule has 0 saturated heterocycles. The standard InChI is InChI=1S/C16H25N3O/c1-4-5-16-18-6-7-19(16)11-15-8-14(12-20-15)10-17-9-13(2)3/h6-8,12-13,17H,4-5,9-11H2,1-3H3. The minimum Gasteiger partial charge on any atom is -0.467 e. The summed E-state index contributed by atoms with van der Waals surface area (Å²) in [7, 11) is 0. The van der Waals surface area contributed by atoms with Crippen molar-refractivity contribution in [2.24, 2.45) is 5.92 Å². The van der Waals surface area contributed by atoms with Crippen LogP contribution in [0, 0.1) is 5.92 Å². The maximum absolute atomic E-state index is 5.64. The molecular formula is C16H25N3O. The molecule has 0 aliphatic heterocycles. The van der Waals surface area contributed by atoms with Gasteiger partial charge in [0.15, 0.2) is 0 Å². The molecule has 0 saturated carbocycles. The van der Waals surface area contributed by atoms with Crippen molar-refractivity contribution in [1.29, 1.82) is 0 Å². The van der Waals surface area contributed by atoms with Gasteiger partial charge in [0.2, 0.25) is 0 Å². The van der Waals surface area contributed by atoms with Gasteiger partial charge in [0.25, 0.3) is 0 Å². The van der Waals surface area contributed by atoms with Gasteiger partial charge in [-0.05, 0) is 24.9 Å². The molecule has 0 fully saturated rings. The fourth-order valence-electron chi connectivity index (χ4n) is 2.21. The van der Waals surface area contributed by atoms with E-state index in [4.69, 9.17) is 4.42 Å². The van der Waals surface area contributed by atoms with Crippen LogP contribution in [0.25, 0.3) is 0 Å². The molecule has 4 nitrogen and oxygen atoms in total. The van der Waals surface area contributed by atoms with Crippen molar-refractivity contribution in [3.05, 3.63) is 41.9 Å². The zero-order valence-corrected chi connectivity index (χ0v) is 12.7. The quantitative estimate of drug-likeness (QED) is 0.804. The largest absolute Gasteiger partial charge is 0.467 e. The number of nitrogens with zero attached hydrogens (tertiary/aromatic N) is 2. The fourth-order valence-corrected chi connectivity index (χ4v) is 2.21. The molecule has 110 valence electrons. The van der Waals surface area contributed by atoms with Crippen LogP contribution in [0.3, 0.4) is 0 Å². The lowest BCUT2D eigenvalue weighted by molar-refractivity contribution is 0.484. The third kappa shape index (κ3) is 4.23. The van der Waals surface area contributed by atoms with Crippen LogP contribution in [-0.2, 0) is 19.5 Å². The summed E-state index contributed by atoms with van der Waals surface area (Å²) in [4.78, 5) is 4.39. The molecule has 2 aromatic rings. The molecule has 4 heteroatoms. The van der Waals surface area contributed by atoms with E-state index in [1.54, 1.807) is 0 Å². The molecule has 0 unspecified atom stereocenters. The van der Waals surface area contributed by atoms with Crippen molar-refractivity contribution >= 4 is 0 Å². The lowest BCUT2D eigenvalue weighted by Crippen LogP contribution is -2.18. The van der Waals surface area contributed by atoms with Gasteiger partial charge in [-0.25, -0.2) is 4.98 Å². The van der Waals surface area contributed by atoms with Gasteiger partial charge in [-0.1, -0.05) is 20.8 Å². The molecule has 20 heavy (non-hydrogen) atoms. The summed E-state index contributed by atoms with van der Waals surface area (Å²) >= 11 is 0. The number of nitrogens with one attached hydrogen (secondary N) is 1. The number of rotatable bonds is 8. The second kappa shape index (κ2) is 7.29. The number of aromatic nitrogens is 2. The van der Waals surface area contributed by atoms with Crippen LogP contribution >= 0.6 is 0 Å². The van der Waals surface area contributed by atoms with Gasteiger partial charge in [-0.15, -0.1) is 0 Å². The maximum Gasteiger partial charge on any atom is 0.123 e. The Morgan fingerprint density at radius 3 is 3.00 bits per heavy atom. The second-order valence-electron chi connectivity index (χ2n) is 5.67. The number of furan rings is 1. The predicted octanol–water partition coefficient (Wildman–Crippen LogP) is 3.22. The smallest absolute Gasteiger partial charge is 0.123 e. The first-order valence-electron chi connectivity index (χ1n) is 7.46. The molecule has 1 N–H and O–H groups in total. The van der Waals surface area contributed by atoms with E-state index >= 15 is 0 Å². The Hall–Kier alpha value is -1.55. The average Bonchev–Trinajstić information content (AvgIpc) is 3.01. The van der Waals surface area contributed by atoms with Gasteiger partial charge in [0, 0.05) is 30.9 Å². The topological polar surface area (TPSA) is 43.0 Å². The molecule has 0 aromatic carbocycles. The second-order valence-corrected chi connectivity index (χ2v) is 5.67. The maximum atomic E-state index is 5.64. The van der Waals surface area contributed by atoms with E-state index in [0.717, 1.165) is 44.1 Å². The van der Waals surface area contributed by atoms with E-state index in [1.165, 1.54) is 5.56 Å². The highest BCUT2D eigenvalue weighted by Gasteiger charge is 2.06. The van der Waals surface area contributed by atoms with E-state index in [1.807, 2.05) is 18.7 Å². The molecule has 0 atom stereocenters. The Kier molecular flexibility index (Phi) is 5.41. The Balaban J connectivity index is 1.90. The van der Waals surface area contributed by atoms with E-state index in [0.29, 0.717) is 5.92 Å². The zero-order chi connectivity index (χ0) is 14.4. The summed E-state index contributed by atoms with van der Waals surface area (Å²) in [6.07, 6.45) is 7.85. The third-order valence-corrected chi connectivity index (χ3v) is 3.19.